The molecule has 3 N–H and O–H groups in total. The summed E-state index contributed by atoms with van der Waals surface area (Å²) >= 11 is 0. The highest BCUT2D eigenvalue weighted by molar-refractivity contribution is 5.98. The fraction of sp³-hybridized carbons (Fsp3) is 0.167. The van der Waals surface area contributed by atoms with Crippen molar-refractivity contribution < 1.29 is 19.2 Å². The number of nitrogens with zero attached hydrogens (tertiary/aromatic N) is 1. The predicted molar refractivity (Wildman–Crippen MR) is 64.6 cm³/mol. The molecule has 94 valence electrons. The summed E-state index contributed by atoms with van der Waals surface area (Å²) in [5.41, 5.74) is 7.15. The third-order valence-electron chi connectivity index (χ3n) is 2.55. The average molecular weight is 248 g/mol. The molecule has 0 saturated carbocycles. The molecule has 1 heterocycles. The van der Waals surface area contributed by atoms with Gasteiger partial charge in [0.25, 0.3) is 0 Å². The molecule has 0 saturated heterocycles. The smallest absolute Gasteiger partial charge is 0.358 e. The van der Waals surface area contributed by atoms with Gasteiger partial charge in [0.1, 0.15) is 5.75 Å². The summed E-state index contributed by atoms with van der Waals surface area (Å²) in [4.78, 5) is 11.1. The van der Waals surface area contributed by atoms with Gasteiger partial charge >= 0.3 is 5.97 Å². The fourth-order valence-corrected chi connectivity index (χ4v) is 1.73. The van der Waals surface area contributed by atoms with Crippen LogP contribution < -0.4 is 10.5 Å². The number of hydrogen-bond donors (Lipinski definition) is 2. The van der Waals surface area contributed by atoms with Crippen molar-refractivity contribution in [2.45, 2.75) is 6.92 Å². The van der Waals surface area contributed by atoms with Crippen LogP contribution in [-0.4, -0.2) is 23.3 Å². The number of nitrogen functional groups attached to an aromatic ring is 1. The van der Waals surface area contributed by atoms with Gasteiger partial charge in [-0.3, -0.25) is 0 Å². The molecule has 0 spiro atoms. The van der Waals surface area contributed by atoms with Crippen LogP contribution in [0.3, 0.4) is 0 Å². The van der Waals surface area contributed by atoms with Gasteiger partial charge in [0.15, 0.2) is 0 Å². The molecular weight excluding hydrogens is 236 g/mol. The van der Waals surface area contributed by atoms with E-state index in [9.17, 15) is 4.79 Å². The van der Waals surface area contributed by atoms with Gasteiger partial charge in [0.2, 0.25) is 11.6 Å². The van der Waals surface area contributed by atoms with Crippen LogP contribution in [0.25, 0.3) is 11.1 Å². The molecule has 2 aromatic rings. The SMILES string of the molecule is COc1ccc(C)cc1-c1c(C(=O)O)noc1N. The molecule has 0 amide bonds. The molecule has 0 fully saturated rings. The van der Waals surface area contributed by atoms with Crippen molar-refractivity contribution in [2.75, 3.05) is 12.8 Å². The predicted octanol–water partition coefficient (Wildman–Crippen LogP) is 1.94. The second-order valence-corrected chi connectivity index (χ2v) is 3.78. The van der Waals surface area contributed by atoms with Gasteiger partial charge in [0.05, 0.1) is 12.7 Å². The van der Waals surface area contributed by atoms with Crippen molar-refractivity contribution in [3.05, 3.63) is 29.5 Å². The quantitative estimate of drug-likeness (QED) is 0.861. The zero-order chi connectivity index (χ0) is 13.3. The number of aromatic carboxylic acids is 1. The minimum Gasteiger partial charge on any atom is -0.496 e. The third-order valence-corrected chi connectivity index (χ3v) is 2.55. The number of methoxy groups -OCH3 is 1. The molecular formula is C12H12N2O4. The van der Waals surface area contributed by atoms with Crippen LogP contribution >= 0.6 is 0 Å². The Hall–Kier alpha value is -2.50. The molecule has 6 heteroatoms. The molecule has 0 atom stereocenters. The first kappa shape index (κ1) is 12.0. The Morgan fingerprint density at radius 1 is 1.50 bits per heavy atom. The van der Waals surface area contributed by atoms with Gasteiger partial charge in [0, 0.05) is 5.56 Å². The third kappa shape index (κ3) is 1.88. The van der Waals surface area contributed by atoms with E-state index in [1.807, 2.05) is 13.0 Å². The highest BCUT2D eigenvalue weighted by atomic mass is 16.5. The first-order valence-electron chi connectivity index (χ1n) is 5.18. The van der Waals surface area contributed by atoms with Crippen molar-refractivity contribution in [3.8, 4) is 16.9 Å². The standard InChI is InChI=1S/C12H12N2O4/c1-6-3-4-8(17-2)7(5-6)9-10(12(15)16)14-18-11(9)13/h3-5H,13H2,1-2H3,(H,15,16). The molecule has 0 radical (unpaired) electrons. The Morgan fingerprint density at radius 2 is 2.22 bits per heavy atom. The monoisotopic (exact) mass is 248 g/mol. The Balaban J connectivity index is 2.71. The summed E-state index contributed by atoms with van der Waals surface area (Å²) in [6.45, 7) is 1.88. The number of rotatable bonds is 3. The zero-order valence-corrected chi connectivity index (χ0v) is 9.93. The van der Waals surface area contributed by atoms with E-state index in [-0.39, 0.29) is 17.1 Å². The van der Waals surface area contributed by atoms with E-state index in [2.05, 4.69) is 5.16 Å². The number of carbonyl (C=O) groups is 1. The molecule has 0 aliphatic heterocycles. The number of aromatic nitrogens is 1. The Kier molecular flexibility index (Phi) is 2.93. The molecule has 0 aliphatic carbocycles. The summed E-state index contributed by atoms with van der Waals surface area (Å²) in [5, 5.41) is 12.5. The lowest BCUT2D eigenvalue weighted by atomic mass is 10.0. The van der Waals surface area contributed by atoms with Crippen LogP contribution in [0.5, 0.6) is 5.75 Å². The van der Waals surface area contributed by atoms with E-state index < -0.39 is 5.97 Å². The topological polar surface area (TPSA) is 98.6 Å². The highest BCUT2D eigenvalue weighted by Crippen LogP contribution is 2.36. The second kappa shape index (κ2) is 4.40. The molecule has 0 unspecified atom stereocenters. The van der Waals surface area contributed by atoms with Gasteiger partial charge in [-0.25, -0.2) is 4.79 Å². The Bertz CT molecular complexity index is 604. The van der Waals surface area contributed by atoms with Crippen molar-refractivity contribution in [2.24, 2.45) is 0 Å². The summed E-state index contributed by atoms with van der Waals surface area (Å²) in [5.74, 6) is -0.733. The van der Waals surface area contributed by atoms with Crippen LogP contribution in [0.4, 0.5) is 5.88 Å². The number of nitrogens with two attached hydrogens (primary N) is 1. The lowest BCUT2D eigenvalue weighted by Crippen LogP contribution is -2.01. The number of anilines is 1. The molecule has 18 heavy (non-hydrogen) atoms. The lowest BCUT2D eigenvalue weighted by Gasteiger charge is -2.08. The van der Waals surface area contributed by atoms with Crippen LogP contribution in [0, 0.1) is 6.92 Å². The lowest BCUT2D eigenvalue weighted by molar-refractivity contribution is 0.0686. The molecule has 2 rings (SSSR count). The summed E-state index contributed by atoms with van der Waals surface area (Å²) in [6.07, 6.45) is 0. The van der Waals surface area contributed by atoms with Crippen molar-refractivity contribution in [1.82, 2.24) is 5.16 Å². The van der Waals surface area contributed by atoms with Crippen molar-refractivity contribution >= 4 is 11.9 Å². The number of carboxylic acid groups (broad SMARTS) is 1. The number of hydrogen-bond acceptors (Lipinski definition) is 5. The van der Waals surface area contributed by atoms with Crippen LogP contribution in [0.2, 0.25) is 0 Å². The van der Waals surface area contributed by atoms with Gasteiger partial charge in [-0.15, -0.1) is 0 Å². The van der Waals surface area contributed by atoms with Gasteiger partial charge < -0.3 is 20.1 Å². The van der Waals surface area contributed by atoms with Crippen molar-refractivity contribution in [1.29, 1.82) is 0 Å². The van der Waals surface area contributed by atoms with E-state index in [0.29, 0.717) is 11.3 Å². The van der Waals surface area contributed by atoms with Crippen LogP contribution in [0.15, 0.2) is 22.7 Å². The molecule has 0 aliphatic rings. The molecule has 0 bridgehead atoms. The van der Waals surface area contributed by atoms with Crippen LogP contribution in [0.1, 0.15) is 16.1 Å². The molecule has 1 aromatic heterocycles. The highest BCUT2D eigenvalue weighted by Gasteiger charge is 2.23. The Morgan fingerprint density at radius 3 is 2.83 bits per heavy atom. The number of benzene rings is 1. The van der Waals surface area contributed by atoms with Gasteiger partial charge in [-0.2, -0.15) is 0 Å². The number of carboxylic acids is 1. The van der Waals surface area contributed by atoms with Crippen LogP contribution in [-0.2, 0) is 0 Å². The zero-order valence-electron chi connectivity index (χ0n) is 9.93. The van der Waals surface area contributed by atoms with E-state index in [1.165, 1.54) is 7.11 Å². The summed E-state index contributed by atoms with van der Waals surface area (Å²) in [7, 11) is 1.50. The summed E-state index contributed by atoms with van der Waals surface area (Å²) in [6, 6.07) is 5.36. The fourth-order valence-electron chi connectivity index (χ4n) is 1.73. The average Bonchev–Trinajstić information content (AvgIpc) is 2.71. The largest absolute Gasteiger partial charge is 0.496 e. The first-order chi connectivity index (χ1) is 8.54. The molecule has 1 aromatic carbocycles. The maximum atomic E-state index is 11.1. The maximum Gasteiger partial charge on any atom is 0.358 e. The minimum absolute atomic E-state index is 0.0451. The van der Waals surface area contributed by atoms with E-state index >= 15 is 0 Å². The van der Waals surface area contributed by atoms with Gasteiger partial charge in [-0.05, 0) is 19.1 Å². The number of ether oxygens (including phenoxy) is 1. The van der Waals surface area contributed by atoms with E-state index in [0.717, 1.165) is 5.56 Å². The van der Waals surface area contributed by atoms with Crippen molar-refractivity contribution in [3.63, 3.8) is 0 Å². The summed E-state index contributed by atoms with van der Waals surface area (Å²) < 4.78 is 9.94. The first-order valence-corrected chi connectivity index (χ1v) is 5.18. The number of aryl methyl sites for hydroxylation is 1. The normalized spacial score (nSPS) is 10.3. The van der Waals surface area contributed by atoms with E-state index in [1.54, 1.807) is 12.1 Å². The molecule has 6 nitrogen and oxygen atoms in total. The Labute approximate surface area is 103 Å². The van der Waals surface area contributed by atoms with E-state index in [4.69, 9.17) is 20.1 Å². The minimum atomic E-state index is -1.20. The second-order valence-electron chi connectivity index (χ2n) is 3.78. The maximum absolute atomic E-state index is 11.1. The van der Waals surface area contributed by atoms with Gasteiger partial charge in [-0.1, -0.05) is 16.8 Å².